The van der Waals surface area contributed by atoms with E-state index in [1.165, 1.54) is 0 Å². The normalized spacial score (nSPS) is 0. The molecule has 0 amide bonds. The Bertz CT molecular complexity index is 6.00. The molecule has 0 heterocycles. The summed E-state index contributed by atoms with van der Waals surface area (Å²) >= 11 is 0. The van der Waals surface area contributed by atoms with Gasteiger partial charge in [0, 0.05) is 61.3 Å². The molecule has 0 saturated heterocycles. The third-order valence-corrected chi connectivity index (χ3v) is 0. The molecule has 4 radical (unpaired) electrons. The predicted molar refractivity (Wildman–Crippen MR) is 5.75 cm³/mol. The molecule has 0 aromatic heterocycles. The summed E-state index contributed by atoms with van der Waals surface area (Å²) in [6, 6.07) is 0. The van der Waals surface area contributed by atoms with Crippen molar-refractivity contribution in [2.75, 3.05) is 0 Å². The van der Waals surface area contributed by atoms with Gasteiger partial charge in [0.25, 0.3) is 0 Å². The molecule has 30 valence electrons. The maximum atomic E-state index is 0. The summed E-state index contributed by atoms with van der Waals surface area (Å²) in [7, 11) is 0. The fourth-order valence-corrected chi connectivity index (χ4v) is 0. The average molecular weight is 197 g/mol. The molecule has 0 unspecified atom stereocenters. The van der Waals surface area contributed by atoms with E-state index in [4.69, 9.17) is 0 Å². The van der Waals surface area contributed by atoms with E-state index in [0.29, 0.717) is 0 Å². The van der Waals surface area contributed by atoms with Crippen LogP contribution in [-0.2, 0) is 50.3 Å². The first-order valence-electron chi connectivity index (χ1n) is 0. The van der Waals surface area contributed by atoms with Crippen molar-refractivity contribution in [1.29, 1.82) is 0 Å². The van der Waals surface area contributed by atoms with E-state index >= 15 is 0 Å². The fourth-order valence-electron chi connectivity index (χ4n) is 0. The van der Waals surface area contributed by atoms with Gasteiger partial charge in [-0.2, -0.15) is 0 Å². The molecule has 0 rings (SSSR count). The molecule has 0 N–H and O–H groups in total. The molecule has 4 heteroatoms. The SMILES string of the molecule is [Cr].[Ni].[Ni].[Si]. The van der Waals surface area contributed by atoms with Gasteiger partial charge in [0.15, 0.2) is 0 Å². The van der Waals surface area contributed by atoms with Crippen LogP contribution in [0, 0.1) is 0 Å². The molecule has 0 spiro atoms. The fraction of sp³-hybridized carbons (Fsp3) is 0. The van der Waals surface area contributed by atoms with E-state index in [1.807, 2.05) is 0 Å². The van der Waals surface area contributed by atoms with Gasteiger partial charge in [-0.05, 0) is 0 Å². The Morgan fingerprint density at radius 1 is 0.750 bits per heavy atom. The first-order valence-corrected chi connectivity index (χ1v) is 0. The van der Waals surface area contributed by atoms with E-state index in [9.17, 15) is 0 Å². The van der Waals surface area contributed by atoms with E-state index < -0.39 is 0 Å². The first kappa shape index (κ1) is 42.7. The molecule has 0 aromatic carbocycles. The third kappa shape index (κ3) is 9.28. The summed E-state index contributed by atoms with van der Waals surface area (Å²) in [5.41, 5.74) is 0. The minimum atomic E-state index is 0. The Labute approximate surface area is 61.1 Å². The monoisotopic (exact) mass is 196 g/mol. The predicted octanol–water partition coefficient (Wildman–Crippen LogP) is -0.388. The van der Waals surface area contributed by atoms with Crippen LogP contribution in [0.25, 0.3) is 0 Å². The van der Waals surface area contributed by atoms with E-state index in [0.717, 1.165) is 0 Å². The van der Waals surface area contributed by atoms with E-state index in [1.54, 1.807) is 0 Å². The Balaban J connectivity index is 0. The Kier molecular flexibility index (Phi) is 234. The van der Waals surface area contributed by atoms with Gasteiger partial charge in [-0.15, -0.1) is 0 Å². The van der Waals surface area contributed by atoms with Crippen molar-refractivity contribution in [3.8, 4) is 0 Å². The summed E-state index contributed by atoms with van der Waals surface area (Å²) in [6.45, 7) is 0. The van der Waals surface area contributed by atoms with Gasteiger partial charge in [-0.25, -0.2) is 0 Å². The Morgan fingerprint density at radius 3 is 0.750 bits per heavy atom. The summed E-state index contributed by atoms with van der Waals surface area (Å²) < 4.78 is 0. The van der Waals surface area contributed by atoms with Crippen molar-refractivity contribution < 1.29 is 50.3 Å². The molecule has 0 fully saturated rings. The van der Waals surface area contributed by atoms with Gasteiger partial charge in [0.1, 0.15) is 0 Å². The summed E-state index contributed by atoms with van der Waals surface area (Å²) in [5.74, 6) is 0. The third-order valence-electron chi connectivity index (χ3n) is 0. The number of hydrogen-bond acceptors (Lipinski definition) is 0. The zero-order chi connectivity index (χ0) is 0. The zero-order valence-electron chi connectivity index (χ0n) is 1.54. The molecule has 0 bridgehead atoms. The van der Waals surface area contributed by atoms with Crippen LogP contribution in [0.1, 0.15) is 0 Å². The van der Waals surface area contributed by atoms with Crippen molar-refractivity contribution in [1.82, 2.24) is 0 Å². The Hall–Kier alpha value is 1.74. The van der Waals surface area contributed by atoms with Gasteiger partial charge in [-0.3, -0.25) is 0 Å². The van der Waals surface area contributed by atoms with E-state index in [2.05, 4.69) is 0 Å². The van der Waals surface area contributed by atoms with Crippen LogP contribution in [0.3, 0.4) is 0 Å². The molecule has 4 heavy (non-hydrogen) atoms. The maximum absolute atomic E-state index is 0. The van der Waals surface area contributed by atoms with Crippen molar-refractivity contribution >= 4 is 11.0 Å². The molecule has 0 aliphatic heterocycles. The molecule has 0 atom stereocenters. The molecule has 0 saturated carbocycles. The van der Waals surface area contributed by atoms with Crippen LogP contribution in [-0.4, -0.2) is 11.0 Å². The van der Waals surface area contributed by atoms with E-state index in [-0.39, 0.29) is 61.3 Å². The molecule has 0 nitrogen and oxygen atoms in total. The second-order valence-corrected chi connectivity index (χ2v) is 0. The standard InChI is InChI=1S/Cr.2Ni.Si. The van der Waals surface area contributed by atoms with Crippen molar-refractivity contribution in [2.45, 2.75) is 0 Å². The van der Waals surface area contributed by atoms with Gasteiger partial charge in [0.05, 0.1) is 0 Å². The van der Waals surface area contributed by atoms with Crippen LogP contribution in [0.15, 0.2) is 0 Å². The summed E-state index contributed by atoms with van der Waals surface area (Å²) in [4.78, 5) is 0. The molecule has 0 aliphatic carbocycles. The van der Waals surface area contributed by atoms with Crippen LogP contribution < -0.4 is 0 Å². The second-order valence-electron chi connectivity index (χ2n) is 0. The topological polar surface area (TPSA) is 0 Å². The maximum Gasteiger partial charge on any atom is 0 e. The quantitative estimate of drug-likeness (QED) is 0.464. The number of rotatable bonds is 0. The smallest absolute Gasteiger partial charge is 0 e. The second kappa shape index (κ2) is 21.9. The molecular formula is CrNi2Si. The van der Waals surface area contributed by atoms with Crippen molar-refractivity contribution in [2.24, 2.45) is 0 Å². The van der Waals surface area contributed by atoms with Crippen LogP contribution >= 0.6 is 0 Å². The average Bonchev–Trinajstić information content (AvgIpc) is 0. The van der Waals surface area contributed by atoms with Gasteiger partial charge in [-0.1, -0.05) is 0 Å². The van der Waals surface area contributed by atoms with Crippen molar-refractivity contribution in [3.05, 3.63) is 0 Å². The van der Waals surface area contributed by atoms with Crippen LogP contribution in [0.5, 0.6) is 0 Å². The number of hydrogen-bond donors (Lipinski definition) is 0. The summed E-state index contributed by atoms with van der Waals surface area (Å²) in [5, 5.41) is 0. The minimum absolute atomic E-state index is 0. The van der Waals surface area contributed by atoms with Gasteiger partial charge in [0.2, 0.25) is 0 Å². The minimum Gasteiger partial charge on any atom is 0 e. The summed E-state index contributed by atoms with van der Waals surface area (Å²) in [6.07, 6.45) is 0. The van der Waals surface area contributed by atoms with Crippen LogP contribution in [0.4, 0.5) is 0 Å². The van der Waals surface area contributed by atoms with Crippen LogP contribution in [0.2, 0.25) is 0 Å². The zero-order valence-corrected chi connectivity index (χ0v) is 5.79. The first-order chi connectivity index (χ1) is 0. The van der Waals surface area contributed by atoms with Gasteiger partial charge < -0.3 is 0 Å². The van der Waals surface area contributed by atoms with Gasteiger partial charge >= 0.3 is 0 Å². The van der Waals surface area contributed by atoms with Crippen molar-refractivity contribution in [3.63, 3.8) is 0 Å². The Morgan fingerprint density at radius 2 is 0.750 bits per heavy atom. The largest absolute Gasteiger partial charge is 0 e. The molecular weight excluding hydrogens is 197 g/mol. The molecule has 0 aliphatic rings. The molecule has 0 aromatic rings.